The second-order valence-corrected chi connectivity index (χ2v) is 6.60. The van der Waals surface area contributed by atoms with Gasteiger partial charge in [-0.2, -0.15) is 0 Å². The first-order chi connectivity index (χ1) is 11.2. The summed E-state index contributed by atoms with van der Waals surface area (Å²) in [5.74, 6) is 0.908. The van der Waals surface area contributed by atoms with E-state index < -0.39 is 0 Å². The molecule has 0 aliphatic carbocycles. The fourth-order valence-corrected chi connectivity index (χ4v) is 3.71. The lowest BCUT2D eigenvalue weighted by molar-refractivity contribution is -0.0544. The molecule has 2 atom stereocenters. The first kappa shape index (κ1) is 16.5. The predicted molar refractivity (Wildman–Crippen MR) is 90.7 cm³/mol. The molecular formula is C19H27NO3. The number of piperidine rings is 1. The molecular weight excluding hydrogens is 290 g/mol. The minimum Gasteiger partial charge on any atom is -0.497 e. The molecule has 2 heterocycles. The molecule has 3 rings (SSSR count). The van der Waals surface area contributed by atoms with Gasteiger partial charge in [-0.15, -0.1) is 6.58 Å². The Hall–Kier alpha value is -1.36. The van der Waals surface area contributed by atoms with Gasteiger partial charge in [0.05, 0.1) is 32.0 Å². The molecule has 2 saturated heterocycles. The van der Waals surface area contributed by atoms with Gasteiger partial charge >= 0.3 is 0 Å². The lowest BCUT2D eigenvalue weighted by Crippen LogP contribution is -2.47. The van der Waals surface area contributed by atoms with E-state index in [0.717, 1.165) is 38.2 Å². The first-order valence-electron chi connectivity index (χ1n) is 8.45. The Labute approximate surface area is 139 Å². The monoisotopic (exact) mass is 317 g/mol. The number of benzene rings is 1. The summed E-state index contributed by atoms with van der Waals surface area (Å²) < 4.78 is 17.2. The van der Waals surface area contributed by atoms with Crippen LogP contribution < -0.4 is 4.74 Å². The zero-order valence-electron chi connectivity index (χ0n) is 14.0. The van der Waals surface area contributed by atoms with Crippen molar-refractivity contribution >= 4 is 0 Å². The minimum atomic E-state index is -0.0173. The maximum Gasteiger partial charge on any atom is 0.118 e. The van der Waals surface area contributed by atoms with Gasteiger partial charge in [-0.1, -0.05) is 18.2 Å². The Bertz CT molecular complexity index is 516. The molecule has 4 heteroatoms. The van der Waals surface area contributed by atoms with Gasteiger partial charge in [0.1, 0.15) is 5.75 Å². The molecule has 1 aromatic carbocycles. The first-order valence-corrected chi connectivity index (χ1v) is 8.45. The zero-order chi connectivity index (χ0) is 16.1. The molecule has 126 valence electrons. The smallest absolute Gasteiger partial charge is 0.118 e. The van der Waals surface area contributed by atoms with E-state index in [1.807, 2.05) is 18.2 Å². The van der Waals surface area contributed by atoms with Crippen molar-refractivity contribution in [1.29, 1.82) is 0 Å². The number of hydrogen-bond acceptors (Lipinski definition) is 4. The van der Waals surface area contributed by atoms with Crippen LogP contribution in [-0.2, 0) is 16.0 Å². The molecule has 2 fully saturated rings. The van der Waals surface area contributed by atoms with Crippen LogP contribution in [0.25, 0.3) is 0 Å². The third-order valence-corrected chi connectivity index (χ3v) is 4.81. The molecule has 4 nitrogen and oxygen atoms in total. The minimum absolute atomic E-state index is 0.0173. The lowest BCUT2D eigenvalue weighted by Gasteiger charge is -2.39. The number of likely N-dealkylation sites (tertiary alicyclic amines) is 1. The third kappa shape index (κ3) is 4.14. The molecule has 0 amide bonds. The average Bonchev–Trinajstić information content (AvgIpc) is 2.96. The van der Waals surface area contributed by atoms with Crippen molar-refractivity contribution in [3.05, 3.63) is 42.5 Å². The fraction of sp³-hybridized carbons (Fsp3) is 0.579. The zero-order valence-corrected chi connectivity index (χ0v) is 14.0. The molecule has 0 bridgehead atoms. The highest BCUT2D eigenvalue weighted by molar-refractivity contribution is 5.27. The van der Waals surface area contributed by atoms with E-state index in [1.165, 1.54) is 12.0 Å². The normalized spacial score (nSPS) is 28.1. The summed E-state index contributed by atoms with van der Waals surface area (Å²) in [7, 11) is 1.70. The molecule has 2 aliphatic rings. The van der Waals surface area contributed by atoms with Gasteiger partial charge in [0.25, 0.3) is 0 Å². The van der Waals surface area contributed by atoms with Crippen LogP contribution in [0.4, 0.5) is 0 Å². The second kappa shape index (κ2) is 7.47. The molecule has 0 unspecified atom stereocenters. The predicted octanol–water partition coefficient (Wildman–Crippen LogP) is 3.02. The van der Waals surface area contributed by atoms with E-state index in [1.54, 1.807) is 7.11 Å². The van der Waals surface area contributed by atoms with Crippen LogP contribution in [0.5, 0.6) is 5.75 Å². The highest BCUT2D eigenvalue weighted by Gasteiger charge is 2.43. The SMILES string of the molecule is C=CCO[C@H]1CO[C@@]2(CCCN(Cc3ccc(OC)cc3)C2)C1. The van der Waals surface area contributed by atoms with Crippen molar-refractivity contribution in [2.75, 3.05) is 33.4 Å². The van der Waals surface area contributed by atoms with E-state index >= 15 is 0 Å². The van der Waals surface area contributed by atoms with Crippen LogP contribution >= 0.6 is 0 Å². The molecule has 0 aromatic heterocycles. The summed E-state index contributed by atoms with van der Waals surface area (Å²) in [5, 5.41) is 0. The maximum atomic E-state index is 6.17. The van der Waals surface area contributed by atoms with Crippen LogP contribution in [0, 0.1) is 0 Å². The van der Waals surface area contributed by atoms with Crippen molar-refractivity contribution < 1.29 is 14.2 Å². The Balaban J connectivity index is 1.56. The maximum absolute atomic E-state index is 6.17. The van der Waals surface area contributed by atoms with Crippen molar-refractivity contribution in [2.45, 2.75) is 37.5 Å². The Kier molecular flexibility index (Phi) is 5.36. The Morgan fingerprint density at radius 1 is 1.39 bits per heavy atom. The quantitative estimate of drug-likeness (QED) is 0.755. The number of nitrogens with zero attached hydrogens (tertiary/aromatic N) is 1. The van der Waals surface area contributed by atoms with Gasteiger partial charge in [-0.05, 0) is 37.1 Å². The average molecular weight is 317 g/mol. The van der Waals surface area contributed by atoms with Crippen molar-refractivity contribution in [1.82, 2.24) is 4.90 Å². The number of rotatable bonds is 6. The third-order valence-electron chi connectivity index (χ3n) is 4.81. The molecule has 0 N–H and O–H groups in total. The van der Waals surface area contributed by atoms with Gasteiger partial charge in [0.2, 0.25) is 0 Å². The van der Waals surface area contributed by atoms with Crippen molar-refractivity contribution in [3.63, 3.8) is 0 Å². The van der Waals surface area contributed by atoms with Gasteiger partial charge in [0.15, 0.2) is 0 Å². The number of methoxy groups -OCH3 is 1. The Morgan fingerprint density at radius 2 is 2.22 bits per heavy atom. The van der Waals surface area contributed by atoms with Crippen LogP contribution in [0.3, 0.4) is 0 Å². The van der Waals surface area contributed by atoms with Crippen LogP contribution in [0.2, 0.25) is 0 Å². The van der Waals surface area contributed by atoms with Crippen LogP contribution in [0.15, 0.2) is 36.9 Å². The molecule has 2 aliphatic heterocycles. The highest BCUT2D eigenvalue weighted by Crippen LogP contribution is 2.36. The van der Waals surface area contributed by atoms with Crippen molar-refractivity contribution in [2.24, 2.45) is 0 Å². The molecule has 23 heavy (non-hydrogen) atoms. The summed E-state index contributed by atoms with van der Waals surface area (Å²) in [5.41, 5.74) is 1.30. The molecule has 0 radical (unpaired) electrons. The van der Waals surface area contributed by atoms with E-state index in [-0.39, 0.29) is 11.7 Å². The lowest BCUT2D eigenvalue weighted by atomic mass is 9.89. The molecule has 1 spiro atoms. The van der Waals surface area contributed by atoms with E-state index in [2.05, 4.69) is 23.6 Å². The fourth-order valence-electron chi connectivity index (χ4n) is 3.71. The van der Waals surface area contributed by atoms with Crippen LogP contribution in [0.1, 0.15) is 24.8 Å². The highest BCUT2D eigenvalue weighted by atomic mass is 16.6. The summed E-state index contributed by atoms with van der Waals surface area (Å²) in [6.45, 7) is 8.13. The number of ether oxygens (including phenoxy) is 3. The summed E-state index contributed by atoms with van der Waals surface area (Å²) in [6.07, 6.45) is 5.35. The number of hydrogen-bond donors (Lipinski definition) is 0. The summed E-state index contributed by atoms with van der Waals surface area (Å²) in [4.78, 5) is 2.50. The van der Waals surface area contributed by atoms with Gasteiger partial charge in [-0.3, -0.25) is 4.90 Å². The molecule has 0 saturated carbocycles. The molecule has 1 aromatic rings. The van der Waals surface area contributed by atoms with Crippen LogP contribution in [-0.4, -0.2) is 50.0 Å². The van der Waals surface area contributed by atoms with E-state index in [4.69, 9.17) is 14.2 Å². The van der Waals surface area contributed by atoms with E-state index in [9.17, 15) is 0 Å². The van der Waals surface area contributed by atoms with Gasteiger partial charge < -0.3 is 14.2 Å². The van der Waals surface area contributed by atoms with E-state index in [0.29, 0.717) is 13.2 Å². The summed E-state index contributed by atoms with van der Waals surface area (Å²) in [6, 6.07) is 8.35. The largest absolute Gasteiger partial charge is 0.497 e. The van der Waals surface area contributed by atoms with Gasteiger partial charge in [-0.25, -0.2) is 0 Å². The van der Waals surface area contributed by atoms with Gasteiger partial charge in [0, 0.05) is 19.5 Å². The second-order valence-electron chi connectivity index (χ2n) is 6.60. The topological polar surface area (TPSA) is 30.9 Å². The summed E-state index contributed by atoms with van der Waals surface area (Å²) >= 11 is 0. The Morgan fingerprint density at radius 3 is 2.96 bits per heavy atom. The van der Waals surface area contributed by atoms with Crippen molar-refractivity contribution in [3.8, 4) is 5.75 Å². The standard InChI is InChI=1S/C19H27NO3/c1-3-11-22-18-12-19(23-14-18)9-4-10-20(15-19)13-16-5-7-17(21-2)8-6-16/h3,5-8,18H,1,4,9-15H2,2H3/t18-,19+/m1/s1.